The number of hydrogen-bond acceptors (Lipinski definition) is 2. The van der Waals surface area contributed by atoms with Crippen molar-refractivity contribution in [3.8, 4) is 0 Å². The maximum atomic E-state index is 5.99. The highest BCUT2D eigenvalue weighted by atomic mass is 35.5. The number of nitrogens with one attached hydrogen (secondary N) is 1. The van der Waals surface area contributed by atoms with Crippen LogP contribution in [0.1, 0.15) is 32.8 Å². The van der Waals surface area contributed by atoms with Crippen LogP contribution in [0.25, 0.3) is 0 Å². The molecule has 17 heavy (non-hydrogen) atoms. The lowest BCUT2D eigenvalue weighted by Gasteiger charge is -2.19. The molecular weight excluding hydrogens is 252 g/mol. The number of halogens is 1. The summed E-state index contributed by atoms with van der Waals surface area (Å²) in [5, 5.41) is 4.10. The van der Waals surface area contributed by atoms with Gasteiger partial charge in [0.05, 0.1) is 0 Å². The van der Waals surface area contributed by atoms with Crippen LogP contribution in [-0.2, 0) is 0 Å². The Balaban J connectivity index is 2.88. The molecule has 0 spiro atoms. The molecule has 1 atom stereocenters. The van der Waals surface area contributed by atoms with E-state index in [2.05, 4.69) is 26.1 Å². The van der Waals surface area contributed by atoms with Gasteiger partial charge in [-0.15, -0.1) is 0 Å². The van der Waals surface area contributed by atoms with Crippen LogP contribution in [0.2, 0.25) is 5.02 Å². The van der Waals surface area contributed by atoms with E-state index in [9.17, 15) is 0 Å². The fourth-order valence-electron chi connectivity index (χ4n) is 1.88. The van der Waals surface area contributed by atoms with Crippen molar-refractivity contribution in [2.24, 2.45) is 11.7 Å². The summed E-state index contributed by atoms with van der Waals surface area (Å²) in [7, 11) is 0. The predicted octanol–water partition coefficient (Wildman–Crippen LogP) is 3.82. The summed E-state index contributed by atoms with van der Waals surface area (Å²) in [6.07, 6.45) is 1.09. The van der Waals surface area contributed by atoms with E-state index < -0.39 is 0 Å². The van der Waals surface area contributed by atoms with Gasteiger partial charge in [-0.05, 0) is 37.5 Å². The van der Waals surface area contributed by atoms with Gasteiger partial charge in [-0.3, -0.25) is 0 Å². The summed E-state index contributed by atoms with van der Waals surface area (Å²) in [6.45, 7) is 6.54. The Morgan fingerprint density at radius 2 is 2.06 bits per heavy atom. The molecule has 0 amide bonds. The molecular formula is C13H19ClN2S. The lowest BCUT2D eigenvalue weighted by Crippen LogP contribution is -2.20. The number of hydrogen-bond donors (Lipinski definition) is 2. The lowest BCUT2D eigenvalue weighted by atomic mass is 10.0. The van der Waals surface area contributed by atoms with E-state index in [-0.39, 0.29) is 0 Å². The molecule has 0 fully saturated rings. The van der Waals surface area contributed by atoms with Gasteiger partial charge in [0.15, 0.2) is 0 Å². The SMILES string of the molecule is CC(C)CC(C)Nc1cc(Cl)ccc1C(N)=S. The van der Waals surface area contributed by atoms with Gasteiger partial charge >= 0.3 is 0 Å². The summed E-state index contributed by atoms with van der Waals surface area (Å²) in [6, 6.07) is 5.89. The van der Waals surface area contributed by atoms with E-state index >= 15 is 0 Å². The molecule has 0 aliphatic rings. The Kier molecular flexibility index (Phi) is 5.22. The predicted molar refractivity (Wildman–Crippen MR) is 79.9 cm³/mol. The van der Waals surface area contributed by atoms with E-state index in [1.807, 2.05) is 12.1 Å². The maximum absolute atomic E-state index is 5.99. The highest BCUT2D eigenvalue weighted by Crippen LogP contribution is 2.23. The number of thiocarbonyl (C=S) groups is 1. The number of nitrogens with two attached hydrogens (primary N) is 1. The Morgan fingerprint density at radius 1 is 1.41 bits per heavy atom. The molecule has 1 unspecified atom stereocenters. The number of anilines is 1. The number of benzene rings is 1. The third-order valence-electron chi connectivity index (χ3n) is 2.47. The van der Waals surface area contributed by atoms with Crippen LogP contribution < -0.4 is 11.1 Å². The summed E-state index contributed by atoms with van der Waals surface area (Å²) in [5.41, 5.74) is 7.45. The Labute approximate surface area is 114 Å². The molecule has 1 aromatic carbocycles. The fourth-order valence-corrected chi connectivity index (χ4v) is 2.23. The van der Waals surface area contributed by atoms with Gasteiger partial charge < -0.3 is 11.1 Å². The highest BCUT2D eigenvalue weighted by Gasteiger charge is 2.10. The molecule has 0 aliphatic carbocycles. The van der Waals surface area contributed by atoms with E-state index in [0.29, 0.717) is 22.0 Å². The molecule has 3 N–H and O–H groups in total. The van der Waals surface area contributed by atoms with Crippen LogP contribution in [0.5, 0.6) is 0 Å². The standard InChI is InChI=1S/C13H19ClN2S/c1-8(2)6-9(3)16-12-7-10(14)4-5-11(12)13(15)17/h4-5,7-9,16H,6H2,1-3H3,(H2,15,17). The third kappa shape index (κ3) is 4.52. The second-order valence-electron chi connectivity index (χ2n) is 4.73. The second kappa shape index (κ2) is 6.22. The van der Waals surface area contributed by atoms with Crippen LogP contribution in [0.4, 0.5) is 5.69 Å². The third-order valence-corrected chi connectivity index (χ3v) is 2.93. The molecule has 1 aromatic rings. The fraction of sp³-hybridized carbons (Fsp3) is 0.462. The Bertz CT molecular complexity index is 404. The molecule has 0 bridgehead atoms. The molecule has 0 heterocycles. The summed E-state index contributed by atoms with van der Waals surface area (Å²) in [5.74, 6) is 0.643. The molecule has 0 aromatic heterocycles. The Morgan fingerprint density at radius 3 is 2.59 bits per heavy atom. The zero-order valence-electron chi connectivity index (χ0n) is 10.5. The van der Waals surface area contributed by atoms with Crippen LogP contribution in [0.15, 0.2) is 18.2 Å². The van der Waals surface area contributed by atoms with Gasteiger partial charge in [0.2, 0.25) is 0 Å². The smallest absolute Gasteiger partial charge is 0.106 e. The quantitative estimate of drug-likeness (QED) is 0.799. The molecule has 94 valence electrons. The monoisotopic (exact) mass is 270 g/mol. The zero-order valence-corrected chi connectivity index (χ0v) is 12.0. The van der Waals surface area contributed by atoms with E-state index in [0.717, 1.165) is 17.7 Å². The van der Waals surface area contributed by atoms with Crippen LogP contribution in [0.3, 0.4) is 0 Å². The normalized spacial score (nSPS) is 12.5. The van der Waals surface area contributed by atoms with Crippen LogP contribution in [0, 0.1) is 5.92 Å². The highest BCUT2D eigenvalue weighted by molar-refractivity contribution is 7.80. The minimum absolute atomic E-state index is 0.363. The molecule has 0 saturated carbocycles. The largest absolute Gasteiger partial charge is 0.389 e. The van der Waals surface area contributed by atoms with E-state index in [1.165, 1.54) is 0 Å². The summed E-state index contributed by atoms with van der Waals surface area (Å²) >= 11 is 11.0. The minimum Gasteiger partial charge on any atom is -0.389 e. The van der Waals surface area contributed by atoms with Gasteiger partial charge in [0.25, 0.3) is 0 Å². The van der Waals surface area contributed by atoms with E-state index in [4.69, 9.17) is 29.6 Å². The van der Waals surface area contributed by atoms with Crippen molar-refractivity contribution < 1.29 is 0 Å². The minimum atomic E-state index is 0.363. The van der Waals surface area contributed by atoms with Crippen molar-refractivity contribution in [2.45, 2.75) is 33.2 Å². The van der Waals surface area contributed by atoms with Gasteiger partial charge in [0, 0.05) is 22.3 Å². The molecule has 0 aliphatic heterocycles. The topological polar surface area (TPSA) is 38.0 Å². The molecule has 1 rings (SSSR count). The van der Waals surface area contributed by atoms with E-state index in [1.54, 1.807) is 6.07 Å². The van der Waals surface area contributed by atoms with Crippen molar-refractivity contribution in [3.63, 3.8) is 0 Å². The van der Waals surface area contributed by atoms with Crippen LogP contribution in [-0.4, -0.2) is 11.0 Å². The molecule has 4 heteroatoms. The first-order chi connectivity index (χ1) is 7.90. The lowest BCUT2D eigenvalue weighted by molar-refractivity contribution is 0.540. The van der Waals surface area contributed by atoms with Crippen molar-refractivity contribution in [3.05, 3.63) is 28.8 Å². The van der Waals surface area contributed by atoms with Gasteiger partial charge in [0.1, 0.15) is 4.99 Å². The van der Waals surface area contributed by atoms with Gasteiger partial charge in [-0.25, -0.2) is 0 Å². The summed E-state index contributed by atoms with van der Waals surface area (Å²) in [4.78, 5) is 0.390. The molecule has 2 nitrogen and oxygen atoms in total. The first kappa shape index (κ1) is 14.3. The van der Waals surface area contributed by atoms with Crippen LogP contribution >= 0.6 is 23.8 Å². The Hall–Kier alpha value is -0.800. The molecule has 0 radical (unpaired) electrons. The zero-order chi connectivity index (χ0) is 13.0. The van der Waals surface area contributed by atoms with Gasteiger partial charge in [-0.2, -0.15) is 0 Å². The van der Waals surface area contributed by atoms with Crippen molar-refractivity contribution in [1.29, 1.82) is 0 Å². The maximum Gasteiger partial charge on any atom is 0.106 e. The second-order valence-corrected chi connectivity index (χ2v) is 5.61. The van der Waals surface area contributed by atoms with Gasteiger partial charge in [-0.1, -0.05) is 37.7 Å². The average Bonchev–Trinajstić information content (AvgIpc) is 2.15. The first-order valence-corrected chi connectivity index (χ1v) is 6.54. The number of rotatable bonds is 5. The van der Waals surface area contributed by atoms with Crippen molar-refractivity contribution >= 4 is 34.5 Å². The molecule has 0 saturated heterocycles. The van der Waals surface area contributed by atoms with Crippen molar-refractivity contribution in [2.75, 3.05) is 5.32 Å². The average molecular weight is 271 g/mol. The van der Waals surface area contributed by atoms with Crippen molar-refractivity contribution in [1.82, 2.24) is 0 Å². The summed E-state index contributed by atoms with van der Waals surface area (Å²) < 4.78 is 0. The first-order valence-electron chi connectivity index (χ1n) is 5.76.